The van der Waals surface area contributed by atoms with Gasteiger partial charge in [-0.3, -0.25) is 9.59 Å². The zero-order valence-corrected chi connectivity index (χ0v) is 48.7. The molecular weight excluding hydrogens is 1110 g/mol. The van der Waals surface area contributed by atoms with Crippen LogP contribution in [0.2, 0.25) is 20.1 Å². The minimum absolute atomic E-state index is 0. The fourth-order valence-electron chi connectivity index (χ4n) is 9.89. The van der Waals surface area contributed by atoms with Crippen molar-refractivity contribution in [3.63, 3.8) is 0 Å². The fourth-order valence-corrected chi connectivity index (χ4v) is 11.0. The zero-order chi connectivity index (χ0) is 54.6. The third kappa shape index (κ3) is 18.7. The molecule has 0 saturated carbocycles. The molecule has 2 aliphatic heterocycles. The minimum atomic E-state index is -0.0599. The van der Waals surface area contributed by atoms with Gasteiger partial charge in [0.15, 0.2) is 0 Å². The van der Waals surface area contributed by atoms with Crippen molar-refractivity contribution >= 4 is 82.3 Å². The zero-order valence-electron chi connectivity index (χ0n) is 44.8. The molecule has 79 heavy (non-hydrogen) atoms. The van der Waals surface area contributed by atoms with Crippen LogP contribution in [0.15, 0.2) is 109 Å². The Balaban J connectivity index is 0.00000903. The highest BCUT2D eigenvalue weighted by Gasteiger charge is 2.29. The molecule has 4 aromatic carbocycles. The molecule has 8 rings (SSSR count). The summed E-state index contributed by atoms with van der Waals surface area (Å²) in [5, 5.41) is 15.1. The quantitative estimate of drug-likeness (QED) is 0.0331. The Hall–Kier alpha value is -5.07. The predicted octanol–water partition coefficient (Wildman–Crippen LogP) is 11.4. The number of halogens is 5. The smallest absolute Gasteiger partial charge is 0.220 e. The van der Waals surface area contributed by atoms with Crippen molar-refractivity contribution in [1.29, 1.82) is 0 Å². The van der Waals surface area contributed by atoms with Gasteiger partial charge in [-0.05, 0) is 120 Å². The summed E-state index contributed by atoms with van der Waals surface area (Å²) in [7, 11) is 4.23. The summed E-state index contributed by atoms with van der Waals surface area (Å²) in [4.78, 5) is 38.4. The number of carbonyl (C=O) groups is 2. The molecule has 14 nitrogen and oxygen atoms in total. The highest BCUT2D eigenvalue weighted by atomic mass is 35.5. The number of nitrogens with zero attached hydrogens (tertiary/aromatic N) is 4. The van der Waals surface area contributed by atoms with E-state index < -0.39 is 0 Å². The topological polar surface area (TPSA) is 151 Å². The number of nitrogens with one attached hydrogen (secondary N) is 4. The number of likely N-dealkylation sites (N-methyl/N-ethyl adjacent to an activating group) is 2. The number of ether oxygens (including phenoxy) is 4. The number of amides is 2. The van der Waals surface area contributed by atoms with Crippen molar-refractivity contribution in [2.75, 3.05) is 117 Å². The standard InChI is InChI=1S/C60H70Cl4N8O6.ClH/c1-71-37-51(49-31-47(61)33-55(63)53(49)39-71)43-9-5-7-41(29-43)45-13-15-57(69-35-45)65-17-21-75-25-27-77-23-19-67-59(73)11-3-4-12-60(74)68-20-24-78-28-26-76-22-18-66-58-16-14-46(36-70-58)42-8-6-10-44(30-42)52-38-72(2)40-54-50(52)32-48(62)34-56(54)64;/h5-10,13-16,29-36,51-52H,3-4,11-12,17-28,37-40H2,1-2H3,(H,65,69)(H,66,70)(H,67,73)(H,68,74);1H/t51-,52-;/m0./s1. The van der Waals surface area contributed by atoms with E-state index in [9.17, 15) is 9.59 Å². The molecule has 2 aliphatic rings. The second-order valence-corrected chi connectivity index (χ2v) is 21.4. The highest BCUT2D eigenvalue weighted by molar-refractivity contribution is 6.35. The van der Waals surface area contributed by atoms with Crippen LogP contribution in [0.25, 0.3) is 22.3 Å². The number of anilines is 2. The van der Waals surface area contributed by atoms with E-state index in [4.69, 9.17) is 65.4 Å². The van der Waals surface area contributed by atoms with Gasteiger partial charge in [-0.25, -0.2) is 9.97 Å². The third-order valence-corrected chi connectivity index (χ3v) is 14.9. The van der Waals surface area contributed by atoms with Crippen LogP contribution < -0.4 is 21.3 Å². The summed E-state index contributed by atoms with van der Waals surface area (Å²) in [5.41, 5.74) is 11.3. The largest absolute Gasteiger partial charge is 0.377 e. The first-order valence-electron chi connectivity index (χ1n) is 26.7. The number of benzene rings is 4. The van der Waals surface area contributed by atoms with Gasteiger partial charge in [0.2, 0.25) is 11.8 Å². The van der Waals surface area contributed by atoms with Gasteiger partial charge in [-0.15, -0.1) is 12.4 Å². The number of carbonyl (C=O) groups excluding carboxylic acids is 2. The van der Waals surface area contributed by atoms with E-state index in [1.54, 1.807) is 0 Å². The van der Waals surface area contributed by atoms with Crippen LogP contribution in [-0.4, -0.2) is 138 Å². The van der Waals surface area contributed by atoms with E-state index in [2.05, 4.69) is 128 Å². The van der Waals surface area contributed by atoms with E-state index in [1.807, 2.05) is 36.7 Å². The second-order valence-electron chi connectivity index (χ2n) is 19.7. The SMILES string of the molecule is CN1Cc2c(Cl)cc(Cl)cc2[C@H](c2cccc(-c3ccc(NCCOCCOCCNC(=O)CCCCC(=O)NCCOCCOCCNc4ccc(-c5cccc([C@@H]6CN(C)Cc7c(Cl)cc(Cl)cc76)c5)cn4)nc3)c2)C1.Cl. The van der Waals surface area contributed by atoms with Crippen molar-refractivity contribution in [3.05, 3.63) is 163 Å². The fraction of sp³-hybridized carbons (Fsp3) is 0.400. The van der Waals surface area contributed by atoms with Gasteiger partial charge in [-0.1, -0.05) is 94.9 Å². The number of unbranched alkanes of at least 4 members (excludes halogenated alkanes) is 1. The Morgan fingerprint density at radius 3 is 1.32 bits per heavy atom. The summed E-state index contributed by atoms with van der Waals surface area (Å²) >= 11 is 26.1. The van der Waals surface area contributed by atoms with Crippen LogP contribution in [0.1, 0.15) is 70.9 Å². The van der Waals surface area contributed by atoms with Gasteiger partial charge in [0.25, 0.3) is 0 Å². The monoisotopic (exact) mass is 1170 g/mol. The Kier molecular flexibility index (Phi) is 24.8. The number of rotatable bonds is 29. The number of fused-ring (bicyclic) bond motifs is 2. The highest BCUT2D eigenvalue weighted by Crippen LogP contribution is 2.41. The lowest BCUT2D eigenvalue weighted by Crippen LogP contribution is -2.31. The van der Waals surface area contributed by atoms with E-state index in [1.165, 1.54) is 22.3 Å². The molecule has 19 heteroatoms. The van der Waals surface area contributed by atoms with Crippen molar-refractivity contribution in [3.8, 4) is 22.3 Å². The van der Waals surface area contributed by atoms with E-state index in [-0.39, 0.29) is 36.1 Å². The summed E-state index contributed by atoms with van der Waals surface area (Å²) in [6, 6.07) is 33.0. The molecular formula is C60H71Cl5N8O6. The average Bonchev–Trinajstić information content (AvgIpc) is 3.64. The lowest BCUT2D eigenvalue weighted by atomic mass is 9.84. The van der Waals surface area contributed by atoms with E-state index in [0.29, 0.717) is 125 Å². The molecule has 0 unspecified atom stereocenters. The van der Waals surface area contributed by atoms with Crippen molar-refractivity contribution in [2.45, 2.75) is 50.6 Å². The first kappa shape index (κ1) is 61.5. The maximum atomic E-state index is 12.3. The van der Waals surface area contributed by atoms with Crippen molar-refractivity contribution < 1.29 is 28.5 Å². The molecule has 0 bridgehead atoms. The summed E-state index contributed by atoms with van der Waals surface area (Å²) in [5.74, 6) is 1.75. The minimum Gasteiger partial charge on any atom is -0.377 e. The maximum absolute atomic E-state index is 12.3. The lowest BCUT2D eigenvalue weighted by molar-refractivity contribution is -0.123. The van der Waals surface area contributed by atoms with E-state index >= 15 is 0 Å². The van der Waals surface area contributed by atoms with E-state index in [0.717, 1.165) is 71.2 Å². The van der Waals surface area contributed by atoms with Crippen LogP contribution in [0.5, 0.6) is 0 Å². The molecule has 2 atom stereocenters. The summed E-state index contributed by atoms with van der Waals surface area (Å²) in [6.07, 6.45) is 5.72. The summed E-state index contributed by atoms with van der Waals surface area (Å²) in [6.45, 7) is 8.90. The molecule has 2 aromatic heterocycles. The van der Waals surface area contributed by atoms with Crippen LogP contribution in [0, 0.1) is 0 Å². The molecule has 0 spiro atoms. The normalized spacial score (nSPS) is 15.2. The summed E-state index contributed by atoms with van der Waals surface area (Å²) < 4.78 is 22.6. The van der Waals surface area contributed by atoms with Crippen LogP contribution in [0.3, 0.4) is 0 Å². The number of hydrogen-bond acceptors (Lipinski definition) is 12. The Labute approximate surface area is 490 Å². The van der Waals surface area contributed by atoms with Crippen LogP contribution in [0.4, 0.5) is 11.6 Å². The third-order valence-electron chi connectivity index (χ3n) is 13.8. The number of hydrogen-bond donors (Lipinski definition) is 4. The van der Waals surface area contributed by atoms with Gasteiger partial charge >= 0.3 is 0 Å². The maximum Gasteiger partial charge on any atom is 0.220 e. The molecule has 0 aliphatic carbocycles. The number of aromatic nitrogens is 2. The number of pyridine rings is 2. The molecule has 0 radical (unpaired) electrons. The predicted molar refractivity (Wildman–Crippen MR) is 321 cm³/mol. The van der Waals surface area contributed by atoms with Gasteiger partial charge in [0, 0.05) is 121 Å². The molecule has 0 saturated heterocycles. The molecule has 6 aromatic rings. The first-order chi connectivity index (χ1) is 38.0. The Morgan fingerprint density at radius 1 is 0.519 bits per heavy atom. The van der Waals surface area contributed by atoms with Crippen molar-refractivity contribution in [1.82, 2.24) is 30.4 Å². The molecule has 422 valence electrons. The van der Waals surface area contributed by atoms with Gasteiger partial charge in [-0.2, -0.15) is 0 Å². The van der Waals surface area contributed by atoms with Gasteiger partial charge < -0.3 is 50.0 Å². The molecule has 4 N–H and O–H groups in total. The Morgan fingerprint density at radius 2 is 0.924 bits per heavy atom. The van der Waals surface area contributed by atoms with Crippen LogP contribution >= 0.6 is 58.8 Å². The second kappa shape index (κ2) is 31.8. The Bertz CT molecular complexity index is 2710. The van der Waals surface area contributed by atoms with Crippen molar-refractivity contribution in [2.24, 2.45) is 0 Å². The first-order valence-corrected chi connectivity index (χ1v) is 28.3. The van der Waals surface area contributed by atoms with Crippen LogP contribution in [-0.2, 0) is 41.6 Å². The molecule has 0 fully saturated rings. The lowest BCUT2D eigenvalue weighted by Gasteiger charge is -2.33. The molecule has 2 amide bonds. The van der Waals surface area contributed by atoms with Gasteiger partial charge in [0.1, 0.15) is 11.6 Å². The average molecular weight is 1180 g/mol. The van der Waals surface area contributed by atoms with Gasteiger partial charge in [0.05, 0.1) is 52.9 Å². The molecule has 4 heterocycles.